The van der Waals surface area contributed by atoms with Gasteiger partial charge in [-0.1, -0.05) is 0 Å². The Balaban J connectivity index is 2.97. The van der Waals surface area contributed by atoms with Crippen molar-refractivity contribution in [1.29, 1.82) is 0 Å². The molecule has 0 aliphatic carbocycles. The van der Waals surface area contributed by atoms with Crippen molar-refractivity contribution in [3.63, 3.8) is 0 Å². The molecule has 36 heteroatoms. The van der Waals surface area contributed by atoms with Gasteiger partial charge in [0.1, 0.15) is 0 Å². The molecule has 0 N–H and O–H groups in total. The summed E-state index contributed by atoms with van der Waals surface area (Å²) in [5, 5.41) is 1.57. The van der Waals surface area contributed by atoms with Crippen LogP contribution in [0.15, 0.2) is 24.3 Å². The summed E-state index contributed by atoms with van der Waals surface area (Å²) in [7, 11) is -5.30. The predicted octanol–water partition coefficient (Wildman–Crippen LogP) is 11.3. The summed E-state index contributed by atoms with van der Waals surface area (Å²) in [5.74, 6) is 0. The Morgan fingerprint density at radius 1 is 0.706 bits per heavy atom. The van der Waals surface area contributed by atoms with Crippen LogP contribution in [0.5, 0.6) is 0 Å². The van der Waals surface area contributed by atoms with E-state index < -0.39 is 98.8 Å². The molecule has 1 aliphatic heterocycles. The third kappa shape index (κ3) is 15.2. The third-order valence-corrected chi connectivity index (χ3v) is 988. The van der Waals surface area contributed by atoms with Crippen molar-refractivity contribution in [2.24, 2.45) is 0 Å². The van der Waals surface area contributed by atoms with Gasteiger partial charge < -0.3 is 0 Å². The van der Waals surface area contributed by atoms with E-state index in [1.54, 1.807) is 5.13 Å². The zero-order chi connectivity index (χ0) is 39.0. The van der Waals surface area contributed by atoms with E-state index in [0.29, 0.717) is 40.8 Å². The fourth-order valence-corrected chi connectivity index (χ4v) is 1330. The molecule has 0 saturated carbocycles. The van der Waals surface area contributed by atoms with Crippen molar-refractivity contribution in [3.05, 3.63) is 24.3 Å². The molecule has 2 aromatic rings. The summed E-state index contributed by atoms with van der Waals surface area (Å²) in [5.41, 5.74) is 1.30. The molecule has 0 bridgehead atoms. The number of hydrogen-bond acceptors (Lipinski definition) is 4. The van der Waals surface area contributed by atoms with Crippen LogP contribution < -0.4 is 79.1 Å². The fourth-order valence-electron chi connectivity index (χ4n) is 4.55. The van der Waals surface area contributed by atoms with Gasteiger partial charge in [-0.15, -0.1) is 0 Å². The minimum atomic E-state index is -1.58. The molecule has 0 spiro atoms. The van der Waals surface area contributed by atoms with Gasteiger partial charge in [0.2, 0.25) is 0 Å². The number of halogens is 32. The van der Waals surface area contributed by atoms with E-state index in [1.165, 1.54) is 10.2 Å². The summed E-state index contributed by atoms with van der Waals surface area (Å²) in [6.45, 7) is 8.59. The van der Waals surface area contributed by atoms with E-state index in [-0.39, 0.29) is 47.7 Å². The van der Waals surface area contributed by atoms with Gasteiger partial charge in [-0.2, -0.15) is 0 Å². The SMILES string of the molecule is CC(C)N1C([I-]I)([I-]I)C(I(I)I)(I(I)[I-]I)N(c2nc3ccccc3s2)C(I(I)I(I)I(I)I)(I(I)I(I)I(I)[I-]I)C1(C)I(I)I(I)[I-]I. The molecule has 3 nitrogen and oxygen atoms in total. The summed E-state index contributed by atoms with van der Waals surface area (Å²) < 4.78 is 3.16. The number of piperazine rings is 1. The molecular weight excluding hydrogens is 4320 g/mol. The van der Waals surface area contributed by atoms with Crippen LogP contribution in [0.2, 0.25) is 0 Å². The van der Waals surface area contributed by atoms with Gasteiger partial charge in [0.05, 0.1) is 0 Å². The monoisotopic (exact) mass is 4330 g/mol. The predicted molar refractivity (Wildman–Crippen MR) is 454 cm³/mol. The van der Waals surface area contributed by atoms with Gasteiger partial charge in [-0.25, -0.2) is 0 Å². The Kier molecular flexibility index (Phi) is 43.8. The number of anilines is 1. The van der Waals surface area contributed by atoms with Crippen LogP contribution in [-0.4, -0.2) is 24.1 Å². The van der Waals surface area contributed by atoms with Crippen LogP contribution in [0.1, 0.15) is 20.8 Å². The second-order valence-corrected chi connectivity index (χ2v) is 438. The molecule has 1 aliphatic rings. The van der Waals surface area contributed by atoms with Crippen molar-refractivity contribution < 1.29 is 74.2 Å². The van der Waals surface area contributed by atoms with E-state index in [1.807, 2.05) is 0 Å². The van der Waals surface area contributed by atoms with Gasteiger partial charge in [-0.3, -0.25) is 0 Å². The molecule has 51 heavy (non-hydrogen) atoms. The van der Waals surface area contributed by atoms with E-state index in [0.717, 1.165) is 0 Å². The van der Waals surface area contributed by atoms with Gasteiger partial charge in [-0.05, 0) is 0 Å². The molecule has 0 radical (unpaired) electrons. The summed E-state index contributed by atoms with van der Waals surface area (Å²) in [4.78, 5) is 13.4. The first-order valence-electron chi connectivity index (χ1n) is 11.1. The Morgan fingerprint density at radius 2 is 1.24 bits per heavy atom. The second-order valence-electron chi connectivity index (χ2n) is 8.44. The molecule has 1 aromatic heterocycles. The number of nitrogens with zero attached hydrogens (tertiary/aromatic N) is 3. The molecule has 3 rings (SSSR count). The molecule has 1 saturated heterocycles. The zero-order valence-corrected chi connectivity index (χ0v) is 93.1. The van der Waals surface area contributed by atoms with Crippen LogP contribution in [0.25, 0.3) is 10.2 Å². The molecule has 0 amide bonds. The normalized spacial score (nSPS) is 27.3. The molecule has 3 atom stereocenters. The first-order chi connectivity index (χ1) is 23.8. The number of thiazole rings is 1. The van der Waals surface area contributed by atoms with E-state index in [4.69, 9.17) is 4.98 Å². The second kappa shape index (κ2) is 33.1. The quantitative estimate of drug-likeness (QED) is 0.0894. The van der Waals surface area contributed by atoms with Crippen LogP contribution >= 0.6 is 427 Å². The zero-order valence-electron chi connectivity index (χ0n) is 23.2. The van der Waals surface area contributed by atoms with Crippen LogP contribution in [0.4, 0.5) is 5.13 Å². The number of rotatable bonds is 17. The van der Waals surface area contributed by atoms with Gasteiger partial charge in [0, 0.05) is 0 Å². The van der Waals surface area contributed by atoms with Gasteiger partial charge in [0.15, 0.2) is 0 Å². The third-order valence-electron chi connectivity index (χ3n) is 6.02. The Morgan fingerprint density at radius 3 is 1.67 bits per heavy atom. The molecule has 3 unspecified atom stereocenters. The molecule has 1 fully saturated rings. The maximum absolute atomic E-state index is 6.04. The number of fused-ring (bicyclic) bond motifs is 1. The molecular formula is C15H14I32N3S-5. The number of alkyl halides is 7. The molecule has 1 aromatic carbocycles. The van der Waals surface area contributed by atoms with Crippen molar-refractivity contribution in [2.75, 3.05) is 4.90 Å². The minimum absolute atomic E-state index is 0.0667. The number of aromatic nitrogens is 1. The number of benzene rings is 1. The average molecular weight is 4330 g/mol. The first kappa shape index (κ1) is 67.5. The number of para-hydroxylation sites is 1. The fraction of sp³-hybridized carbons (Fsp3) is 0.533. The van der Waals surface area contributed by atoms with Crippen molar-refractivity contribution >= 4 is 442 Å². The summed E-state index contributed by atoms with van der Waals surface area (Å²) in [6, 6.07) is 10.0. The topological polar surface area (TPSA) is 19.4 Å². The van der Waals surface area contributed by atoms with Crippen LogP contribution in [0.3, 0.4) is 0 Å². The Hall–Kier alpha value is 22.2. The summed E-state index contributed by atoms with van der Waals surface area (Å²) in [6.07, 6.45) is 0. The summed E-state index contributed by atoms with van der Waals surface area (Å²) >= 11 is 49.8. The maximum atomic E-state index is 6.04. The van der Waals surface area contributed by atoms with Gasteiger partial charge >= 0.3 is 590 Å². The van der Waals surface area contributed by atoms with Crippen molar-refractivity contribution in [1.82, 2.24) is 9.88 Å². The van der Waals surface area contributed by atoms with Crippen LogP contribution in [0, 0.1) is 0 Å². The first-order valence-corrected chi connectivity index (χ1v) is 177. The van der Waals surface area contributed by atoms with E-state index in [9.17, 15) is 0 Å². The Labute approximate surface area is 564 Å². The van der Waals surface area contributed by atoms with Crippen molar-refractivity contribution in [3.8, 4) is 0 Å². The van der Waals surface area contributed by atoms with Gasteiger partial charge in [0.25, 0.3) is 0 Å². The standard InChI is InChI=1S/C15H14I32N3S/c1-8(2)49-12(3,40(24)44(29)36-19)14(41(25)46(31)43(27)28,42(26)47(32)45(30)37-20)50(11-48-9-6-4-5-7-10(9)51-11)15(38(21)22,39(23)35-18)13(49,33-16)34-17/h4-8H,1-3H3/q-5. The van der Waals surface area contributed by atoms with E-state index >= 15 is 0 Å². The molecule has 2 heterocycles. The Bertz CT molecular complexity index is 1380. The van der Waals surface area contributed by atoms with Crippen LogP contribution in [-0.2, 0) is 0 Å². The number of hydrogen-bond donors (Lipinski definition) is 0. The molecule has 324 valence electrons. The average Bonchev–Trinajstić information content (AvgIpc) is 3.54. The van der Waals surface area contributed by atoms with Crippen molar-refractivity contribution in [2.45, 2.75) is 35.0 Å². The van der Waals surface area contributed by atoms with E-state index in [2.05, 4.69) is 383 Å².